The molecular weight excluding hydrogens is 334 g/mol. The second-order valence-corrected chi connectivity index (χ2v) is 7.60. The summed E-state index contributed by atoms with van der Waals surface area (Å²) in [6.45, 7) is 1.30. The van der Waals surface area contributed by atoms with Gasteiger partial charge in [-0.2, -0.15) is 0 Å². The lowest BCUT2D eigenvalue weighted by Crippen LogP contribution is -2.36. The summed E-state index contributed by atoms with van der Waals surface area (Å²) in [6, 6.07) is 8.48. The molecule has 5 nitrogen and oxygen atoms in total. The molecule has 6 heteroatoms. The highest BCUT2D eigenvalue weighted by molar-refractivity contribution is 7.11. The second kappa shape index (κ2) is 6.96. The van der Waals surface area contributed by atoms with Crippen molar-refractivity contribution in [3.05, 3.63) is 51.5 Å². The molecule has 1 aliphatic carbocycles. The van der Waals surface area contributed by atoms with Crippen LogP contribution in [0.2, 0.25) is 0 Å². The number of carbonyl (C=O) groups is 2. The van der Waals surface area contributed by atoms with Gasteiger partial charge in [0.1, 0.15) is 5.69 Å². The number of carbonyl (C=O) groups excluding carboxylic acids is 2. The zero-order valence-electron chi connectivity index (χ0n) is 14.0. The van der Waals surface area contributed by atoms with Crippen LogP contribution in [0.5, 0.6) is 0 Å². The summed E-state index contributed by atoms with van der Waals surface area (Å²) in [6.07, 6.45) is 5.28. The number of fused-ring (bicyclic) bond motifs is 1. The summed E-state index contributed by atoms with van der Waals surface area (Å²) in [4.78, 5) is 31.1. The molecule has 2 heterocycles. The number of hydrogen-bond acceptors (Lipinski definition) is 4. The van der Waals surface area contributed by atoms with Gasteiger partial charge in [0, 0.05) is 24.5 Å². The summed E-state index contributed by atoms with van der Waals surface area (Å²) >= 11 is 1.25. The zero-order chi connectivity index (χ0) is 17.2. The number of benzene rings is 1. The molecule has 25 heavy (non-hydrogen) atoms. The standard InChI is InChI=1S/C19H21N3O2S/c23-17(20-15-7-3-4-8-15)18-21-16(12-25-18)19(24)22-10-9-13-5-1-2-6-14(13)11-22/h1-2,5-6,12,15H,3-4,7-11H2,(H,20,23). The molecule has 1 fully saturated rings. The van der Waals surface area contributed by atoms with Crippen LogP contribution in [0.15, 0.2) is 29.6 Å². The molecule has 0 radical (unpaired) electrons. The first-order valence-corrected chi connectivity index (χ1v) is 9.71. The Hall–Kier alpha value is -2.21. The molecule has 0 bridgehead atoms. The van der Waals surface area contributed by atoms with E-state index in [9.17, 15) is 9.59 Å². The van der Waals surface area contributed by atoms with Crippen molar-refractivity contribution in [1.29, 1.82) is 0 Å². The highest BCUT2D eigenvalue weighted by Crippen LogP contribution is 2.22. The van der Waals surface area contributed by atoms with Crippen molar-refractivity contribution in [2.75, 3.05) is 6.54 Å². The van der Waals surface area contributed by atoms with Crippen LogP contribution in [0.25, 0.3) is 0 Å². The molecule has 0 atom stereocenters. The van der Waals surface area contributed by atoms with Crippen LogP contribution in [0.1, 0.15) is 57.1 Å². The Morgan fingerprint density at radius 3 is 2.72 bits per heavy atom. The second-order valence-electron chi connectivity index (χ2n) is 6.74. The van der Waals surface area contributed by atoms with Crippen LogP contribution < -0.4 is 5.32 Å². The molecule has 1 aliphatic heterocycles. The average Bonchev–Trinajstić information content (AvgIpc) is 3.32. The van der Waals surface area contributed by atoms with Crippen molar-refractivity contribution in [3.63, 3.8) is 0 Å². The number of nitrogens with one attached hydrogen (secondary N) is 1. The monoisotopic (exact) mass is 355 g/mol. The van der Waals surface area contributed by atoms with Crippen LogP contribution in [0.3, 0.4) is 0 Å². The predicted octanol–water partition coefficient (Wildman–Crippen LogP) is 3.01. The van der Waals surface area contributed by atoms with Gasteiger partial charge in [0.25, 0.3) is 11.8 Å². The SMILES string of the molecule is O=C(NC1CCCC1)c1nc(C(=O)N2CCc3ccccc3C2)cs1. The fraction of sp³-hybridized carbons (Fsp3) is 0.421. The molecule has 0 unspecified atom stereocenters. The summed E-state index contributed by atoms with van der Waals surface area (Å²) in [5.41, 5.74) is 2.87. The van der Waals surface area contributed by atoms with Crippen molar-refractivity contribution >= 4 is 23.2 Å². The van der Waals surface area contributed by atoms with E-state index in [1.807, 2.05) is 17.0 Å². The third kappa shape index (κ3) is 3.44. The van der Waals surface area contributed by atoms with Crippen molar-refractivity contribution in [2.45, 2.75) is 44.7 Å². The van der Waals surface area contributed by atoms with Crippen LogP contribution in [-0.4, -0.2) is 34.3 Å². The predicted molar refractivity (Wildman–Crippen MR) is 96.7 cm³/mol. The lowest BCUT2D eigenvalue weighted by molar-refractivity contribution is 0.0729. The van der Waals surface area contributed by atoms with E-state index < -0.39 is 0 Å². The molecule has 1 aromatic heterocycles. The fourth-order valence-corrected chi connectivity index (χ4v) is 4.32. The van der Waals surface area contributed by atoms with Gasteiger partial charge in [-0.1, -0.05) is 37.1 Å². The fourth-order valence-electron chi connectivity index (χ4n) is 3.62. The van der Waals surface area contributed by atoms with E-state index in [1.54, 1.807) is 5.38 Å². The molecule has 4 rings (SSSR count). The lowest BCUT2D eigenvalue weighted by atomic mass is 10.00. The van der Waals surface area contributed by atoms with E-state index in [1.165, 1.54) is 35.3 Å². The smallest absolute Gasteiger partial charge is 0.280 e. The van der Waals surface area contributed by atoms with Gasteiger partial charge < -0.3 is 10.2 Å². The molecule has 130 valence electrons. The van der Waals surface area contributed by atoms with Crippen LogP contribution in [0, 0.1) is 0 Å². The molecule has 0 saturated heterocycles. The van der Waals surface area contributed by atoms with E-state index in [0.29, 0.717) is 23.8 Å². The molecular formula is C19H21N3O2S. The summed E-state index contributed by atoms with van der Waals surface area (Å²) in [7, 11) is 0. The van der Waals surface area contributed by atoms with Crippen LogP contribution in [-0.2, 0) is 13.0 Å². The number of nitrogens with zero attached hydrogens (tertiary/aromatic N) is 2. The van der Waals surface area contributed by atoms with Gasteiger partial charge in [-0.3, -0.25) is 9.59 Å². The van der Waals surface area contributed by atoms with E-state index >= 15 is 0 Å². The minimum absolute atomic E-state index is 0.0920. The van der Waals surface area contributed by atoms with Gasteiger partial charge >= 0.3 is 0 Å². The molecule has 2 aliphatic rings. The Bertz CT molecular complexity index is 795. The average molecular weight is 355 g/mol. The van der Waals surface area contributed by atoms with Crippen molar-refractivity contribution < 1.29 is 9.59 Å². The maximum absolute atomic E-state index is 12.7. The number of hydrogen-bond donors (Lipinski definition) is 1. The Balaban J connectivity index is 1.43. The molecule has 2 amide bonds. The van der Waals surface area contributed by atoms with Gasteiger partial charge in [-0.05, 0) is 30.4 Å². The minimum Gasteiger partial charge on any atom is -0.347 e. The molecule has 1 N–H and O–H groups in total. The third-order valence-electron chi connectivity index (χ3n) is 5.03. The van der Waals surface area contributed by atoms with Crippen molar-refractivity contribution in [1.82, 2.24) is 15.2 Å². The number of aromatic nitrogens is 1. The quantitative estimate of drug-likeness (QED) is 0.921. The van der Waals surface area contributed by atoms with Crippen molar-refractivity contribution in [2.24, 2.45) is 0 Å². The van der Waals surface area contributed by atoms with E-state index in [0.717, 1.165) is 19.3 Å². The number of amides is 2. The Morgan fingerprint density at radius 2 is 1.92 bits per heavy atom. The number of thiazole rings is 1. The molecule has 0 spiro atoms. The minimum atomic E-state index is -0.153. The third-order valence-corrected chi connectivity index (χ3v) is 5.87. The highest BCUT2D eigenvalue weighted by Gasteiger charge is 2.25. The van der Waals surface area contributed by atoms with Gasteiger partial charge in [0.05, 0.1) is 0 Å². The van der Waals surface area contributed by atoms with Gasteiger partial charge in [0.15, 0.2) is 5.01 Å². The maximum Gasteiger partial charge on any atom is 0.280 e. The van der Waals surface area contributed by atoms with Crippen molar-refractivity contribution in [3.8, 4) is 0 Å². The van der Waals surface area contributed by atoms with E-state index in [2.05, 4.69) is 22.4 Å². The Morgan fingerprint density at radius 1 is 1.16 bits per heavy atom. The summed E-state index contributed by atoms with van der Waals surface area (Å²) in [5, 5.41) is 5.11. The first-order chi connectivity index (χ1) is 12.2. The molecule has 1 aromatic carbocycles. The van der Waals surface area contributed by atoms with E-state index in [4.69, 9.17) is 0 Å². The van der Waals surface area contributed by atoms with Crippen LogP contribution in [0.4, 0.5) is 0 Å². The largest absolute Gasteiger partial charge is 0.347 e. The summed E-state index contributed by atoms with van der Waals surface area (Å²) < 4.78 is 0. The molecule has 2 aromatic rings. The lowest BCUT2D eigenvalue weighted by Gasteiger charge is -2.28. The van der Waals surface area contributed by atoms with E-state index in [-0.39, 0.29) is 17.9 Å². The Kier molecular flexibility index (Phi) is 4.53. The molecule has 1 saturated carbocycles. The van der Waals surface area contributed by atoms with Crippen LogP contribution >= 0.6 is 11.3 Å². The summed E-state index contributed by atoms with van der Waals surface area (Å²) in [5.74, 6) is -0.245. The number of rotatable bonds is 3. The normalized spacial score (nSPS) is 17.4. The Labute approximate surface area is 151 Å². The van der Waals surface area contributed by atoms with Gasteiger partial charge in [-0.25, -0.2) is 4.98 Å². The highest BCUT2D eigenvalue weighted by atomic mass is 32.1. The van der Waals surface area contributed by atoms with Gasteiger partial charge in [-0.15, -0.1) is 11.3 Å². The first kappa shape index (κ1) is 16.3. The van der Waals surface area contributed by atoms with Gasteiger partial charge in [0.2, 0.25) is 0 Å². The first-order valence-electron chi connectivity index (χ1n) is 8.83. The zero-order valence-corrected chi connectivity index (χ0v) is 14.8. The maximum atomic E-state index is 12.7. The topological polar surface area (TPSA) is 62.3 Å².